The van der Waals surface area contributed by atoms with Crippen molar-refractivity contribution in [2.45, 2.75) is 31.7 Å². The van der Waals surface area contributed by atoms with E-state index in [-0.39, 0.29) is 23.8 Å². The van der Waals surface area contributed by atoms with E-state index in [9.17, 15) is 17.6 Å². The van der Waals surface area contributed by atoms with Gasteiger partial charge in [-0.3, -0.25) is 4.79 Å². The minimum Gasteiger partial charge on any atom is -0.326 e. The molecule has 0 bridgehead atoms. The van der Waals surface area contributed by atoms with Crippen LogP contribution in [0.5, 0.6) is 0 Å². The molecule has 8 nitrogen and oxygen atoms in total. The van der Waals surface area contributed by atoms with E-state index in [1.165, 1.54) is 39.3 Å². The lowest BCUT2D eigenvalue weighted by Gasteiger charge is -2.18. The summed E-state index contributed by atoms with van der Waals surface area (Å²) in [6.07, 6.45) is 0.106. The second kappa shape index (κ2) is 8.66. The number of aryl methyl sites for hydroxylation is 1. The number of hydrogen-bond donors (Lipinski definition) is 1. The Kier molecular flexibility index (Phi) is 6.23. The summed E-state index contributed by atoms with van der Waals surface area (Å²) in [6.45, 7) is 4.57. The lowest BCUT2D eigenvalue weighted by Crippen LogP contribution is -2.30. The quantitative estimate of drug-likeness (QED) is 0.605. The Labute approximate surface area is 168 Å². The van der Waals surface area contributed by atoms with Crippen LogP contribution in [0.25, 0.3) is 11.0 Å². The van der Waals surface area contributed by atoms with Gasteiger partial charge in [0.1, 0.15) is 11.3 Å². The van der Waals surface area contributed by atoms with Gasteiger partial charge in [-0.1, -0.05) is 25.1 Å². The van der Waals surface area contributed by atoms with Crippen LogP contribution in [0.1, 0.15) is 20.3 Å². The summed E-state index contributed by atoms with van der Waals surface area (Å²) in [7, 11) is -3.59. The lowest BCUT2D eigenvalue weighted by atomic mass is 10.3. The average molecular weight is 419 g/mol. The molecule has 1 heterocycles. The first-order valence-corrected chi connectivity index (χ1v) is 10.7. The number of anilines is 1. The summed E-state index contributed by atoms with van der Waals surface area (Å²) in [5.74, 6) is -0.722. The number of nitrogens with zero attached hydrogens (tertiary/aromatic N) is 4. The van der Waals surface area contributed by atoms with Crippen LogP contribution in [0, 0.1) is 5.82 Å². The smallest absolute Gasteiger partial charge is 0.243 e. The van der Waals surface area contributed by atoms with Gasteiger partial charge in [0.25, 0.3) is 0 Å². The van der Waals surface area contributed by atoms with Crippen molar-refractivity contribution in [3.05, 3.63) is 48.3 Å². The zero-order valence-electron chi connectivity index (χ0n) is 16.2. The Hall–Kier alpha value is -2.85. The van der Waals surface area contributed by atoms with Gasteiger partial charge in [0.2, 0.25) is 15.9 Å². The van der Waals surface area contributed by atoms with Crippen LogP contribution in [0.2, 0.25) is 0 Å². The molecule has 0 fully saturated rings. The van der Waals surface area contributed by atoms with Crippen LogP contribution in [0.15, 0.2) is 47.4 Å². The van der Waals surface area contributed by atoms with Gasteiger partial charge in [-0.25, -0.2) is 17.5 Å². The average Bonchev–Trinajstić information content (AvgIpc) is 3.09. The van der Waals surface area contributed by atoms with Crippen molar-refractivity contribution in [3.8, 4) is 0 Å². The number of rotatable bonds is 8. The number of sulfonamides is 1. The Morgan fingerprint density at radius 2 is 1.93 bits per heavy atom. The summed E-state index contributed by atoms with van der Waals surface area (Å²) < 4.78 is 41.4. The third kappa shape index (κ3) is 4.60. The fourth-order valence-electron chi connectivity index (χ4n) is 2.99. The van der Waals surface area contributed by atoms with E-state index in [2.05, 4.69) is 15.6 Å². The third-order valence-corrected chi connectivity index (χ3v) is 6.53. The number of carbonyl (C=O) groups is 1. The van der Waals surface area contributed by atoms with Gasteiger partial charge >= 0.3 is 0 Å². The second-order valence-electron chi connectivity index (χ2n) is 6.36. The van der Waals surface area contributed by atoms with Crippen LogP contribution < -0.4 is 5.32 Å². The molecule has 29 heavy (non-hydrogen) atoms. The number of carbonyl (C=O) groups excluding carboxylic acids is 1. The predicted molar refractivity (Wildman–Crippen MR) is 107 cm³/mol. The van der Waals surface area contributed by atoms with E-state index in [4.69, 9.17) is 0 Å². The molecule has 1 amide bonds. The van der Waals surface area contributed by atoms with Gasteiger partial charge in [-0.05, 0) is 36.4 Å². The largest absolute Gasteiger partial charge is 0.326 e. The molecule has 154 valence electrons. The van der Waals surface area contributed by atoms with E-state index in [0.717, 1.165) is 0 Å². The first kappa shape index (κ1) is 20.9. The van der Waals surface area contributed by atoms with Crippen LogP contribution in [0.3, 0.4) is 0 Å². The molecule has 1 N–H and O–H groups in total. The maximum absolute atomic E-state index is 13.2. The predicted octanol–water partition coefficient (Wildman–Crippen LogP) is 2.63. The lowest BCUT2D eigenvalue weighted by molar-refractivity contribution is -0.116. The molecule has 0 aliphatic heterocycles. The molecule has 3 rings (SSSR count). The fraction of sp³-hybridized carbons (Fsp3) is 0.316. The van der Waals surface area contributed by atoms with Crippen LogP contribution >= 0.6 is 0 Å². The zero-order valence-corrected chi connectivity index (χ0v) is 17.0. The maximum atomic E-state index is 13.2. The van der Waals surface area contributed by atoms with Crippen molar-refractivity contribution in [2.24, 2.45) is 0 Å². The van der Waals surface area contributed by atoms with Crippen molar-refractivity contribution in [3.63, 3.8) is 0 Å². The highest BCUT2D eigenvalue weighted by Crippen LogP contribution is 2.21. The number of amides is 1. The summed E-state index contributed by atoms with van der Waals surface area (Å²) in [5.41, 5.74) is 1.44. The zero-order chi connectivity index (χ0) is 21.0. The first-order valence-electron chi connectivity index (χ1n) is 9.24. The number of halogens is 1. The molecule has 3 aromatic rings. The molecule has 0 unspecified atom stereocenters. The summed E-state index contributed by atoms with van der Waals surface area (Å²) in [6, 6.07) is 10.3. The molecule has 10 heteroatoms. The van der Waals surface area contributed by atoms with Gasteiger partial charge < -0.3 is 5.32 Å². The Bertz CT molecular complexity index is 1130. The van der Waals surface area contributed by atoms with Crippen molar-refractivity contribution >= 4 is 32.7 Å². The monoisotopic (exact) mass is 419 g/mol. The first-order chi connectivity index (χ1) is 13.8. The topological polar surface area (TPSA) is 97.2 Å². The summed E-state index contributed by atoms with van der Waals surface area (Å²) in [4.78, 5) is 12.3. The summed E-state index contributed by atoms with van der Waals surface area (Å²) >= 11 is 0. The van der Waals surface area contributed by atoms with Crippen molar-refractivity contribution in [1.82, 2.24) is 19.3 Å². The highest BCUT2D eigenvalue weighted by atomic mass is 32.2. The van der Waals surface area contributed by atoms with Crippen molar-refractivity contribution in [1.29, 1.82) is 0 Å². The number of nitrogens with one attached hydrogen (secondary N) is 1. The number of aromatic nitrogens is 3. The maximum Gasteiger partial charge on any atom is 0.243 e. The van der Waals surface area contributed by atoms with Gasteiger partial charge in [-0.2, -0.15) is 4.31 Å². The SMILES string of the molecule is CCN(CC)S(=O)(=O)c1ccc2c(c1)nnn2CCC(=O)Nc1cccc(F)c1. The molecule has 1 aromatic heterocycles. The molecule has 0 aliphatic carbocycles. The normalized spacial score (nSPS) is 11.9. The molecule has 0 saturated heterocycles. The van der Waals surface area contributed by atoms with E-state index >= 15 is 0 Å². The molecule has 0 aliphatic rings. The molecular weight excluding hydrogens is 397 g/mol. The summed E-state index contributed by atoms with van der Waals surface area (Å²) in [5, 5.41) is 10.7. The van der Waals surface area contributed by atoms with Gasteiger partial charge in [0.05, 0.1) is 17.0 Å². The van der Waals surface area contributed by atoms with E-state index in [1.54, 1.807) is 26.0 Å². The van der Waals surface area contributed by atoms with E-state index in [1.807, 2.05) is 0 Å². The highest BCUT2D eigenvalue weighted by molar-refractivity contribution is 7.89. The van der Waals surface area contributed by atoms with Crippen molar-refractivity contribution < 1.29 is 17.6 Å². The minimum atomic E-state index is -3.59. The second-order valence-corrected chi connectivity index (χ2v) is 8.30. The van der Waals surface area contributed by atoms with E-state index < -0.39 is 15.8 Å². The van der Waals surface area contributed by atoms with Gasteiger partial charge in [0.15, 0.2) is 0 Å². The molecule has 0 spiro atoms. The minimum absolute atomic E-state index is 0.106. The van der Waals surface area contributed by atoms with Gasteiger partial charge in [-0.15, -0.1) is 5.10 Å². The van der Waals surface area contributed by atoms with Crippen LogP contribution in [-0.2, 0) is 21.4 Å². The standard InChI is InChI=1S/C19H22FN5O3S/c1-3-24(4-2)29(27,28)16-8-9-18-17(13-16)22-23-25(18)11-10-19(26)21-15-7-5-6-14(20)12-15/h5-9,12-13H,3-4,10-11H2,1-2H3,(H,21,26). The number of fused-ring (bicyclic) bond motifs is 1. The van der Waals surface area contributed by atoms with Crippen LogP contribution in [-0.4, -0.2) is 46.7 Å². The van der Waals surface area contributed by atoms with E-state index in [0.29, 0.717) is 29.8 Å². The Morgan fingerprint density at radius 3 is 2.62 bits per heavy atom. The molecule has 0 saturated carbocycles. The van der Waals surface area contributed by atoms with Gasteiger partial charge in [0, 0.05) is 25.2 Å². The number of hydrogen-bond acceptors (Lipinski definition) is 5. The third-order valence-electron chi connectivity index (χ3n) is 4.49. The van der Waals surface area contributed by atoms with Crippen LogP contribution in [0.4, 0.5) is 10.1 Å². The molecular formula is C19H22FN5O3S. The molecule has 0 atom stereocenters. The highest BCUT2D eigenvalue weighted by Gasteiger charge is 2.22. The Balaban J connectivity index is 1.72. The molecule has 2 aromatic carbocycles. The molecule has 0 radical (unpaired) electrons. The number of benzene rings is 2. The van der Waals surface area contributed by atoms with Crippen molar-refractivity contribution in [2.75, 3.05) is 18.4 Å². The fourth-order valence-corrected chi connectivity index (χ4v) is 4.47. The Morgan fingerprint density at radius 1 is 1.17 bits per heavy atom.